The van der Waals surface area contributed by atoms with Crippen LogP contribution < -0.4 is 5.32 Å². The van der Waals surface area contributed by atoms with Crippen molar-refractivity contribution in [2.45, 2.75) is 26.0 Å². The minimum Gasteiger partial charge on any atom is -0.355 e. The van der Waals surface area contributed by atoms with Crippen LogP contribution in [0, 0.1) is 11.8 Å². The first-order chi connectivity index (χ1) is 6.49. The summed E-state index contributed by atoms with van der Waals surface area (Å²) >= 11 is 6.06. The average molecular weight is 235 g/mol. The van der Waals surface area contributed by atoms with Crippen LogP contribution >= 0.6 is 24.4 Å². The molecule has 0 aliphatic heterocycles. The molecule has 0 rings (SSSR count). The Balaban J connectivity index is 3.73. The molecule has 2 nitrogen and oxygen atoms in total. The molecule has 0 radical (unpaired) electrons. The molecule has 4 heteroatoms. The lowest BCUT2D eigenvalue weighted by Gasteiger charge is -2.16. The fourth-order valence-electron chi connectivity index (χ4n) is 1.03. The molecule has 84 valence electrons. The van der Waals surface area contributed by atoms with E-state index in [1.807, 2.05) is 13.8 Å². The largest absolute Gasteiger partial charge is 0.355 e. The van der Waals surface area contributed by atoms with Gasteiger partial charge in [-0.05, 0) is 23.8 Å². The zero-order chi connectivity index (χ0) is 11.1. The van der Waals surface area contributed by atoms with Crippen LogP contribution in [0.1, 0.15) is 20.8 Å². The molecule has 0 aromatic carbocycles. The van der Waals surface area contributed by atoms with E-state index in [0.29, 0.717) is 5.92 Å². The van der Waals surface area contributed by atoms with E-state index in [1.165, 1.54) is 0 Å². The van der Waals surface area contributed by atoms with Crippen molar-refractivity contribution in [1.82, 2.24) is 5.32 Å². The van der Waals surface area contributed by atoms with Gasteiger partial charge in [-0.25, -0.2) is 0 Å². The summed E-state index contributed by atoms with van der Waals surface area (Å²) in [5.41, 5.74) is 0. The fraction of sp³-hybridized carbons (Fsp3) is 0.900. The third-order valence-corrected chi connectivity index (χ3v) is 3.71. The smallest absolute Gasteiger partial charge is 0.233 e. The molecule has 0 saturated heterocycles. The number of carbonyl (C=O) groups excluding carboxylic acids is 1. The lowest BCUT2D eigenvalue weighted by Crippen LogP contribution is -2.37. The van der Waals surface area contributed by atoms with Crippen molar-refractivity contribution in [3.8, 4) is 0 Å². The quantitative estimate of drug-likeness (QED) is 0.690. The van der Waals surface area contributed by atoms with E-state index in [0.717, 1.165) is 12.3 Å². The van der Waals surface area contributed by atoms with E-state index in [9.17, 15) is 4.79 Å². The average Bonchev–Trinajstić information content (AvgIpc) is 2.13. The first-order valence-corrected chi connectivity index (χ1v) is 6.84. The first-order valence-electron chi connectivity index (χ1n) is 4.93. The Kier molecular flexibility index (Phi) is 7.55. The maximum absolute atomic E-state index is 11.5. The Hall–Kier alpha value is 0.170. The minimum atomic E-state index is -0.184. The van der Waals surface area contributed by atoms with Crippen molar-refractivity contribution in [3.05, 3.63) is 0 Å². The van der Waals surface area contributed by atoms with E-state index in [4.69, 9.17) is 0 Å². The monoisotopic (exact) mass is 235 g/mol. The van der Waals surface area contributed by atoms with Gasteiger partial charge in [-0.1, -0.05) is 20.8 Å². The highest BCUT2D eigenvalue weighted by Crippen LogP contribution is 2.09. The molecule has 0 bridgehead atoms. The summed E-state index contributed by atoms with van der Waals surface area (Å²) in [6.07, 6.45) is 2.08. The van der Waals surface area contributed by atoms with Gasteiger partial charge in [-0.15, -0.1) is 0 Å². The minimum absolute atomic E-state index is 0.0521. The van der Waals surface area contributed by atoms with Gasteiger partial charge in [0.15, 0.2) is 0 Å². The molecule has 0 aromatic rings. The highest BCUT2D eigenvalue weighted by molar-refractivity contribution is 7.98. The van der Waals surface area contributed by atoms with E-state index in [1.54, 1.807) is 11.8 Å². The van der Waals surface area contributed by atoms with Crippen LogP contribution in [0.2, 0.25) is 0 Å². The molecule has 0 fully saturated rings. The molecule has 0 aliphatic rings. The second kappa shape index (κ2) is 7.46. The van der Waals surface area contributed by atoms with Gasteiger partial charge in [0, 0.05) is 6.54 Å². The maximum atomic E-state index is 11.5. The molecule has 0 aromatic heterocycles. The molecule has 0 aliphatic carbocycles. The molecule has 1 amide bonds. The molecule has 2 atom stereocenters. The van der Waals surface area contributed by atoms with Gasteiger partial charge in [0.25, 0.3) is 0 Å². The summed E-state index contributed by atoms with van der Waals surface area (Å²) in [6, 6.07) is 0. The zero-order valence-electron chi connectivity index (χ0n) is 9.41. The molecule has 2 unspecified atom stereocenters. The fourth-order valence-corrected chi connectivity index (χ4v) is 1.80. The standard InChI is InChI=1S/C10H21NOS2/c1-7(2)9(13)10(12)11-5-8(3)6-14-4/h7-9,13H,5-6H2,1-4H3,(H,11,12). The summed E-state index contributed by atoms with van der Waals surface area (Å²) in [5.74, 6) is 1.95. The Morgan fingerprint density at radius 2 is 2.00 bits per heavy atom. The van der Waals surface area contributed by atoms with Gasteiger partial charge in [0.1, 0.15) is 0 Å². The number of rotatable bonds is 6. The summed E-state index contributed by atoms with van der Waals surface area (Å²) < 4.78 is 0. The van der Waals surface area contributed by atoms with Crippen LogP contribution in [0.4, 0.5) is 0 Å². The van der Waals surface area contributed by atoms with Gasteiger partial charge in [0.2, 0.25) is 5.91 Å². The Morgan fingerprint density at radius 1 is 1.43 bits per heavy atom. The predicted molar refractivity (Wildman–Crippen MR) is 68.2 cm³/mol. The van der Waals surface area contributed by atoms with E-state index >= 15 is 0 Å². The summed E-state index contributed by atoms with van der Waals surface area (Å²) in [7, 11) is 0. The third-order valence-electron chi connectivity index (χ3n) is 1.98. The van der Waals surface area contributed by atoms with E-state index < -0.39 is 0 Å². The highest BCUT2D eigenvalue weighted by atomic mass is 32.2. The Bertz CT molecular complexity index is 174. The van der Waals surface area contributed by atoms with Crippen LogP contribution in [-0.2, 0) is 4.79 Å². The summed E-state index contributed by atoms with van der Waals surface area (Å²) in [5, 5.41) is 2.74. The molecular weight excluding hydrogens is 214 g/mol. The van der Waals surface area contributed by atoms with Crippen LogP contribution in [0.3, 0.4) is 0 Å². The third kappa shape index (κ3) is 5.81. The molecule has 14 heavy (non-hydrogen) atoms. The second-order valence-electron chi connectivity index (χ2n) is 3.99. The van der Waals surface area contributed by atoms with Gasteiger partial charge in [0.05, 0.1) is 5.25 Å². The van der Waals surface area contributed by atoms with Gasteiger partial charge in [-0.2, -0.15) is 24.4 Å². The van der Waals surface area contributed by atoms with Crippen molar-refractivity contribution in [2.75, 3.05) is 18.6 Å². The highest BCUT2D eigenvalue weighted by Gasteiger charge is 2.17. The number of hydrogen-bond donors (Lipinski definition) is 2. The summed E-state index contributed by atoms with van der Waals surface area (Å²) in [6.45, 7) is 6.90. The number of carbonyl (C=O) groups is 1. The summed E-state index contributed by atoms with van der Waals surface area (Å²) in [4.78, 5) is 11.5. The van der Waals surface area contributed by atoms with Crippen molar-refractivity contribution >= 4 is 30.3 Å². The number of thioether (sulfide) groups is 1. The topological polar surface area (TPSA) is 29.1 Å². The molecular formula is C10H21NOS2. The van der Waals surface area contributed by atoms with Crippen LogP contribution in [0.25, 0.3) is 0 Å². The van der Waals surface area contributed by atoms with Gasteiger partial charge >= 0.3 is 0 Å². The molecule has 0 heterocycles. The van der Waals surface area contributed by atoms with Gasteiger partial charge < -0.3 is 5.32 Å². The second-order valence-corrected chi connectivity index (χ2v) is 5.46. The molecule has 1 N–H and O–H groups in total. The van der Waals surface area contributed by atoms with Crippen LogP contribution in [0.5, 0.6) is 0 Å². The number of thiol groups is 1. The number of nitrogens with one attached hydrogen (secondary N) is 1. The molecule has 0 saturated carbocycles. The van der Waals surface area contributed by atoms with E-state index in [2.05, 4.69) is 31.1 Å². The first kappa shape index (κ1) is 14.2. The lowest BCUT2D eigenvalue weighted by atomic mass is 10.1. The maximum Gasteiger partial charge on any atom is 0.233 e. The zero-order valence-corrected chi connectivity index (χ0v) is 11.1. The van der Waals surface area contributed by atoms with Crippen molar-refractivity contribution in [2.24, 2.45) is 11.8 Å². The van der Waals surface area contributed by atoms with Crippen molar-refractivity contribution < 1.29 is 4.79 Å². The van der Waals surface area contributed by atoms with Crippen LogP contribution in [0.15, 0.2) is 0 Å². The normalized spacial score (nSPS) is 15.3. The molecule has 0 spiro atoms. The number of hydrogen-bond acceptors (Lipinski definition) is 3. The van der Waals surface area contributed by atoms with Crippen molar-refractivity contribution in [3.63, 3.8) is 0 Å². The van der Waals surface area contributed by atoms with Gasteiger partial charge in [-0.3, -0.25) is 4.79 Å². The Labute approximate surface area is 97.0 Å². The van der Waals surface area contributed by atoms with E-state index in [-0.39, 0.29) is 17.1 Å². The van der Waals surface area contributed by atoms with Crippen LogP contribution in [-0.4, -0.2) is 29.7 Å². The Morgan fingerprint density at radius 3 is 2.43 bits per heavy atom. The number of amides is 1. The predicted octanol–water partition coefficient (Wildman–Crippen LogP) is 2.06. The SMILES string of the molecule is CSCC(C)CNC(=O)C(S)C(C)C. The van der Waals surface area contributed by atoms with Crippen molar-refractivity contribution in [1.29, 1.82) is 0 Å². The lowest BCUT2D eigenvalue weighted by molar-refractivity contribution is -0.121.